The predicted octanol–water partition coefficient (Wildman–Crippen LogP) is 4.89. The molecule has 0 fully saturated rings. The quantitative estimate of drug-likeness (QED) is 0.598. The van der Waals surface area contributed by atoms with E-state index in [0.29, 0.717) is 17.2 Å². The van der Waals surface area contributed by atoms with Gasteiger partial charge in [-0.15, -0.1) is 0 Å². The van der Waals surface area contributed by atoms with Gasteiger partial charge in [-0.2, -0.15) is 5.26 Å². The van der Waals surface area contributed by atoms with E-state index in [1.54, 1.807) is 30.3 Å². The van der Waals surface area contributed by atoms with E-state index in [2.05, 4.69) is 4.98 Å². The second-order valence-electron chi connectivity index (χ2n) is 5.86. The number of phenols is 1. The number of nitriles is 1. The van der Waals surface area contributed by atoms with Crippen molar-refractivity contribution in [3.05, 3.63) is 76.4 Å². The van der Waals surface area contributed by atoms with Gasteiger partial charge in [-0.25, -0.2) is 4.98 Å². The molecule has 0 unspecified atom stereocenters. The summed E-state index contributed by atoms with van der Waals surface area (Å²) >= 11 is 6.09. The van der Waals surface area contributed by atoms with Crippen molar-refractivity contribution in [3.8, 4) is 29.2 Å². The summed E-state index contributed by atoms with van der Waals surface area (Å²) in [5.74, 6) is 0.519. The number of carbonyl (C=O) groups is 1. The molecule has 1 N–H and O–H groups in total. The summed E-state index contributed by atoms with van der Waals surface area (Å²) in [6.45, 7) is 1.51. The summed E-state index contributed by atoms with van der Waals surface area (Å²) < 4.78 is 11.3. The van der Waals surface area contributed by atoms with E-state index < -0.39 is 0 Å². The third kappa shape index (κ3) is 4.40. The van der Waals surface area contributed by atoms with Crippen LogP contribution in [-0.2, 0) is 6.61 Å². The average Bonchev–Trinajstić information content (AvgIpc) is 2.69. The molecular formula is C21H15ClN2O4. The lowest BCUT2D eigenvalue weighted by molar-refractivity contribution is 0.101. The molecule has 28 heavy (non-hydrogen) atoms. The summed E-state index contributed by atoms with van der Waals surface area (Å²) in [7, 11) is 0. The monoisotopic (exact) mass is 394 g/mol. The lowest BCUT2D eigenvalue weighted by atomic mass is 10.1. The first-order valence-electron chi connectivity index (χ1n) is 8.26. The number of rotatable bonds is 6. The van der Waals surface area contributed by atoms with Gasteiger partial charge in [-0.1, -0.05) is 23.7 Å². The van der Waals surface area contributed by atoms with Gasteiger partial charge in [0.2, 0.25) is 5.88 Å². The van der Waals surface area contributed by atoms with Gasteiger partial charge in [0.15, 0.2) is 5.78 Å². The molecule has 2 aromatic carbocycles. The van der Waals surface area contributed by atoms with Crippen LogP contribution in [-0.4, -0.2) is 15.9 Å². The number of benzene rings is 2. The van der Waals surface area contributed by atoms with Crippen LogP contribution < -0.4 is 9.47 Å². The van der Waals surface area contributed by atoms with Crippen molar-refractivity contribution in [2.24, 2.45) is 0 Å². The van der Waals surface area contributed by atoms with Gasteiger partial charge in [-0.3, -0.25) is 4.79 Å². The number of hydrogen-bond donors (Lipinski definition) is 1. The van der Waals surface area contributed by atoms with Crippen molar-refractivity contribution in [3.63, 3.8) is 0 Å². The minimum absolute atomic E-state index is 0.0161. The maximum atomic E-state index is 11.4. The summed E-state index contributed by atoms with van der Waals surface area (Å²) in [6.07, 6.45) is 1.50. The van der Waals surface area contributed by atoms with Crippen LogP contribution in [0.15, 0.2) is 54.7 Å². The van der Waals surface area contributed by atoms with Crippen LogP contribution in [0.3, 0.4) is 0 Å². The normalized spacial score (nSPS) is 10.2. The Labute approximate surface area is 166 Å². The molecule has 0 saturated heterocycles. The predicted molar refractivity (Wildman–Crippen MR) is 103 cm³/mol. The Morgan fingerprint density at radius 2 is 2.07 bits per heavy atom. The summed E-state index contributed by atoms with van der Waals surface area (Å²) in [4.78, 5) is 15.5. The molecule has 0 aliphatic rings. The molecule has 0 radical (unpaired) electrons. The van der Waals surface area contributed by atoms with Crippen molar-refractivity contribution >= 4 is 17.4 Å². The minimum atomic E-state index is -0.299. The Bertz CT molecular complexity index is 1080. The molecule has 0 atom stereocenters. The number of ketones is 1. The van der Waals surface area contributed by atoms with Crippen LogP contribution in [0.5, 0.6) is 23.1 Å². The lowest BCUT2D eigenvalue weighted by Crippen LogP contribution is -1.99. The fraction of sp³-hybridized carbons (Fsp3) is 0.0952. The fourth-order valence-electron chi connectivity index (χ4n) is 2.46. The maximum absolute atomic E-state index is 11.4. The molecule has 3 aromatic rings. The van der Waals surface area contributed by atoms with Crippen LogP contribution in [0.25, 0.3) is 0 Å². The molecule has 0 spiro atoms. The van der Waals surface area contributed by atoms with E-state index in [-0.39, 0.29) is 34.5 Å². The molecule has 0 saturated carbocycles. The zero-order valence-corrected chi connectivity index (χ0v) is 15.6. The zero-order chi connectivity index (χ0) is 20.1. The Kier molecular flexibility index (Phi) is 5.78. The van der Waals surface area contributed by atoms with Gasteiger partial charge < -0.3 is 14.6 Å². The first kappa shape index (κ1) is 19.2. The van der Waals surface area contributed by atoms with E-state index in [9.17, 15) is 9.90 Å². The number of phenolic OH excluding ortho intramolecular Hbond substituents is 1. The summed E-state index contributed by atoms with van der Waals surface area (Å²) in [5.41, 5.74) is 1.38. The molecule has 6 nitrogen and oxygen atoms in total. The Morgan fingerprint density at radius 1 is 1.25 bits per heavy atom. The number of Topliss-reactive ketones (excluding diaryl/α,β-unsaturated/α-hetero) is 1. The molecule has 1 aromatic heterocycles. The van der Waals surface area contributed by atoms with E-state index in [4.69, 9.17) is 26.3 Å². The number of aromatic nitrogens is 1. The molecule has 7 heteroatoms. The summed E-state index contributed by atoms with van der Waals surface area (Å²) in [5, 5.41) is 18.9. The number of carbonyl (C=O) groups excluding carboxylic acids is 1. The van der Waals surface area contributed by atoms with E-state index in [0.717, 1.165) is 5.56 Å². The molecule has 1 heterocycles. The molecule has 3 rings (SSSR count). The molecule has 0 aliphatic heterocycles. The smallest absolute Gasteiger partial charge is 0.220 e. The first-order valence-corrected chi connectivity index (χ1v) is 8.64. The Balaban J connectivity index is 1.72. The van der Waals surface area contributed by atoms with Crippen LogP contribution in [0.4, 0.5) is 0 Å². The fourth-order valence-corrected chi connectivity index (χ4v) is 2.68. The lowest BCUT2D eigenvalue weighted by Gasteiger charge is -2.12. The standard InChI is InChI=1S/C21H15ClN2O4/c1-13(25)17-5-6-18(20(22)21(17)26)27-12-15-3-2-4-16(9-15)28-19-10-14(11-23)7-8-24-19/h2-10,26H,12H2,1H3. The second-order valence-corrected chi connectivity index (χ2v) is 6.24. The highest BCUT2D eigenvalue weighted by Gasteiger charge is 2.15. The van der Waals surface area contributed by atoms with Crippen molar-refractivity contribution < 1.29 is 19.4 Å². The second kappa shape index (κ2) is 8.42. The van der Waals surface area contributed by atoms with Crippen molar-refractivity contribution in [1.29, 1.82) is 5.26 Å². The van der Waals surface area contributed by atoms with Gasteiger partial charge in [0.25, 0.3) is 0 Å². The van der Waals surface area contributed by atoms with Gasteiger partial charge >= 0.3 is 0 Å². The maximum Gasteiger partial charge on any atom is 0.220 e. The zero-order valence-electron chi connectivity index (χ0n) is 14.8. The third-order valence-corrected chi connectivity index (χ3v) is 4.20. The van der Waals surface area contributed by atoms with E-state index in [1.165, 1.54) is 25.3 Å². The SMILES string of the molecule is CC(=O)c1ccc(OCc2cccc(Oc3cc(C#N)ccn3)c2)c(Cl)c1O. The van der Waals surface area contributed by atoms with Crippen molar-refractivity contribution in [2.45, 2.75) is 13.5 Å². The Morgan fingerprint density at radius 3 is 2.82 bits per heavy atom. The third-order valence-electron chi connectivity index (χ3n) is 3.84. The van der Waals surface area contributed by atoms with Crippen LogP contribution in [0, 0.1) is 11.3 Å². The van der Waals surface area contributed by atoms with Gasteiger partial charge in [0.1, 0.15) is 28.9 Å². The van der Waals surface area contributed by atoms with Crippen LogP contribution in [0.1, 0.15) is 28.4 Å². The molecule has 140 valence electrons. The van der Waals surface area contributed by atoms with Crippen LogP contribution >= 0.6 is 11.6 Å². The van der Waals surface area contributed by atoms with Crippen molar-refractivity contribution in [2.75, 3.05) is 0 Å². The van der Waals surface area contributed by atoms with Gasteiger partial charge in [0, 0.05) is 12.3 Å². The van der Waals surface area contributed by atoms with Gasteiger partial charge in [0.05, 0.1) is 17.2 Å². The molecule has 0 aliphatic carbocycles. The summed E-state index contributed by atoms with van der Waals surface area (Å²) in [6, 6.07) is 15.3. The number of nitrogens with zero attached hydrogens (tertiary/aromatic N) is 2. The van der Waals surface area contributed by atoms with Gasteiger partial charge in [-0.05, 0) is 42.8 Å². The number of hydrogen-bond acceptors (Lipinski definition) is 6. The highest BCUT2D eigenvalue weighted by Crippen LogP contribution is 2.36. The number of pyridine rings is 1. The average molecular weight is 395 g/mol. The minimum Gasteiger partial charge on any atom is -0.505 e. The largest absolute Gasteiger partial charge is 0.505 e. The Hall–Kier alpha value is -3.56. The number of ether oxygens (including phenoxy) is 2. The molecule has 0 bridgehead atoms. The topological polar surface area (TPSA) is 92.4 Å². The number of aromatic hydroxyl groups is 1. The molecular weight excluding hydrogens is 380 g/mol. The van der Waals surface area contributed by atoms with Crippen molar-refractivity contribution in [1.82, 2.24) is 4.98 Å². The van der Waals surface area contributed by atoms with E-state index >= 15 is 0 Å². The highest BCUT2D eigenvalue weighted by atomic mass is 35.5. The van der Waals surface area contributed by atoms with E-state index in [1.807, 2.05) is 12.1 Å². The first-order chi connectivity index (χ1) is 13.5. The highest BCUT2D eigenvalue weighted by molar-refractivity contribution is 6.34. The van der Waals surface area contributed by atoms with Crippen LogP contribution in [0.2, 0.25) is 5.02 Å². The number of halogens is 1. The molecule has 0 amide bonds.